The predicted molar refractivity (Wildman–Crippen MR) is 131 cm³/mol. The Morgan fingerprint density at radius 2 is 1.79 bits per heavy atom. The van der Waals surface area contributed by atoms with Crippen molar-refractivity contribution in [1.29, 1.82) is 0 Å². The highest BCUT2D eigenvalue weighted by molar-refractivity contribution is 7.91. The van der Waals surface area contributed by atoms with Crippen LogP contribution in [0, 0.1) is 13.8 Å². The average molecular weight is 478 g/mol. The van der Waals surface area contributed by atoms with Gasteiger partial charge in [-0.1, -0.05) is 43.3 Å². The number of anilines is 2. The molecule has 0 radical (unpaired) electrons. The van der Waals surface area contributed by atoms with E-state index in [4.69, 9.17) is 4.98 Å². The van der Waals surface area contributed by atoms with Gasteiger partial charge in [0.05, 0.1) is 15.1 Å². The van der Waals surface area contributed by atoms with Crippen LogP contribution in [-0.4, -0.2) is 28.2 Å². The van der Waals surface area contributed by atoms with Gasteiger partial charge in [0, 0.05) is 5.69 Å². The maximum absolute atomic E-state index is 13.6. The molecule has 7 nitrogen and oxygen atoms in total. The van der Waals surface area contributed by atoms with Gasteiger partial charge >= 0.3 is 0 Å². The number of nitrogens with zero attached hydrogens (tertiary/aromatic N) is 4. The summed E-state index contributed by atoms with van der Waals surface area (Å²) in [5.41, 5.74) is 4.58. The van der Waals surface area contributed by atoms with E-state index in [1.165, 1.54) is 21.4 Å². The first-order chi connectivity index (χ1) is 15.8. The summed E-state index contributed by atoms with van der Waals surface area (Å²) >= 11 is 1.51. The van der Waals surface area contributed by atoms with Crippen LogP contribution in [0.2, 0.25) is 0 Å². The molecular formula is C24H23N5O2S2. The fraction of sp³-hybridized carbons (Fsp3) is 0.208. The molecule has 0 spiro atoms. The molecule has 1 N–H and O–H groups in total. The molecule has 0 bridgehead atoms. The van der Waals surface area contributed by atoms with Crippen LogP contribution in [0.25, 0.3) is 15.9 Å². The topological polar surface area (TPSA) is 89.2 Å². The zero-order valence-electron chi connectivity index (χ0n) is 18.7. The molecule has 0 aliphatic carbocycles. The standard InChI is InChI=1S/C24H23N5O2S2/c1-14(2)17-7-9-18(10-8-17)25-22-21-19(11-12-32-21)29-23(26-22)24(27-28-29)33(30,31)20-13-15(3)5-6-16(20)4/h5-14H,1-4H3,(H,25,26). The number of fused-ring (bicyclic) bond motifs is 3. The van der Waals surface area contributed by atoms with Gasteiger partial charge in [0.25, 0.3) is 0 Å². The first-order valence-electron chi connectivity index (χ1n) is 10.6. The van der Waals surface area contributed by atoms with Gasteiger partial charge in [0.15, 0.2) is 11.5 Å². The van der Waals surface area contributed by atoms with E-state index >= 15 is 0 Å². The third-order valence-corrected chi connectivity index (χ3v) is 8.35. The van der Waals surface area contributed by atoms with Crippen molar-refractivity contribution in [2.24, 2.45) is 0 Å². The van der Waals surface area contributed by atoms with Gasteiger partial charge in [-0.2, -0.15) is 4.52 Å². The number of hydrogen-bond donors (Lipinski definition) is 1. The molecule has 0 amide bonds. The molecule has 5 aromatic rings. The van der Waals surface area contributed by atoms with Gasteiger partial charge in [-0.05, 0) is 66.1 Å². The van der Waals surface area contributed by atoms with Crippen LogP contribution >= 0.6 is 11.3 Å². The number of thiophene rings is 1. The fourth-order valence-electron chi connectivity index (χ4n) is 3.77. The number of hydrogen-bond acceptors (Lipinski definition) is 7. The van der Waals surface area contributed by atoms with Gasteiger partial charge < -0.3 is 5.32 Å². The summed E-state index contributed by atoms with van der Waals surface area (Å²) in [5, 5.41) is 13.3. The largest absolute Gasteiger partial charge is 0.339 e. The molecule has 2 aromatic carbocycles. The Hall–Kier alpha value is -3.30. The smallest absolute Gasteiger partial charge is 0.229 e. The number of aryl methyl sites for hydroxylation is 2. The molecule has 0 atom stereocenters. The van der Waals surface area contributed by atoms with Gasteiger partial charge in [0.2, 0.25) is 14.9 Å². The third kappa shape index (κ3) is 3.67. The van der Waals surface area contributed by atoms with Crippen molar-refractivity contribution in [3.05, 3.63) is 70.6 Å². The summed E-state index contributed by atoms with van der Waals surface area (Å²) < 4.78 is 29.5. The van der Waals surface area contributed by atoms with Crippen molar-refractivity contribution in [2.75, 3.05) is 5.32 Å². The average Bonchev–Trinajstić information content (AvgIpc) is 3.43. The molecule has 0 saturated heterocycles. The molecule has 0 unspecified atom stereocenters. The Balaban J connectivity index is 1.67. The Morgan fingerprint density at radius 1 is 1.03 bits per heavy atom. The van der Waals surface area contributed by atoms with Crippen molar-refractivity contribution in [1.82, 2.24) is 19.8 Å². The molecule has 33 heavy (non-hydrogen) atoms. The molecule has 0 aliphatic rings. The van der Waals surface area contributed by atoms with Crippen LogP contribution in [0.3, 0.4) is 0 Å². The van der Waals surface area contributed by atoms with Gasteiger partial charge in [-0.15, -0.1) is 16.4 Å². The summed E-state index contributed by atoms with van der Waals surface area (Å²) in [6, 6.07) is 15.4. The minimum Gasteiger partial charge on any atom is -0.339 e. The molecule has 3 heterocycles. The van der Waals surface area contributed by atoms with E-state index < -0.39 is 9.84 Å². The Labute approximate surface area is 196 Å². The van der Waals surface area contributed by atoms with Gasteiger partial charge in [-0.25, -0.2) is 13.4 Å². The molecule has 3 aromatic heterocycles. The van der Waals surface area contributed by atoms with Crippen LogP contribution < -0.4 is 5.32 Å². The van der Waals surface area contributed by atoms with E-state index in [9.17, 15) is 8.42 Å². The quantitative estimate of drug-likeness (QED) is 0.352. The first kappa shape index (κ1) is 21.5. The van der Waals surface area contributed by atoms with E-state index in [-0.39, 0.29) is 15.6 Å². The third-order valence-electron chi connectivity index (χ3n) is 5.65. The number of nitrogens with one attached hydrogen (secondary N) is 1. The summed E-state index contributed by atoms with van der Waals surface area (Å²) in [7, 11) is -3.91. The second-order valence-electron chi connectivity index (χ2n) is 8.40. The maximum atomic E-state index is 13.6. The van der Waals surface area contributed by atoms with E-state index in [1.54, 1.807) is 19.1 Å². The number of sulfone groups is 1. The van der Waals surface area contributed by atoms with Crippen molar-refractivity contribution in [3.8, 4) is 0 Å². The van der Waals surface area contributed by atoms with E-state index in [2.05, 4.69) is 41.6 Å². The summed E-state index contributed by atoms with van der Waals surface area (Å²) in [5.74, 6) is 1.01. The van der Waals surface area contributed by atoms with Crippen LogP contribution in [0.4, 0.5) is 11.5 Å². The first-order valence-corrected chi connectivity index (χ1v) is 12.9. The molecule has 9 heteroatoms. The lowest BCUT2D eigenvalue weighted by Gasteiger charge is -2.10. The van der Waals surface area contributed by atoms with Crippen LogP contribution in [0.1, 0.15) is 36.5 Å². The van der Waals surface area contributed by atoms with Crippen LogP contribution in [0.5, 0.6) is 0 Å². The summed E-state index contributed by atoms with van der Waals surface area (Å²) in [4.78, 5) is 4.91. The Kier molecular flexibility index (Phi) is 5.18. The second kappa shape index (κ2) is 7.93. The molecular weight excluding hydrogens is 454 g/mol. The molecule has 0 saturated carbocycles. The SMILES string of the molecule is Cc1ccc(C)c(S(=O)(=O)c2nnn3c2nc(Nc2ccc(C(C)C)cc2)c2sccc23)c1. The van der Waals surface area contributed by atoms with E-state index in [0.29, 0.717) is 17.3 Å². The monoisotopic (exact) mass is 477 g/mol. The normalized spacial score (nSPS) is 12.2. The zero-order chi connectivity index (χ0) is 23.3. The maximum Gasteiger partial charge on any atom is 0.229 e. The van der Waals surface area contributed by atoms with Crippen molar-refractivity contribution in [3.63, 3.8) is 0 Å². The minimum absolute atomic E-state index is 0.150. The lowest BCUT2D eigenvalue weighted by Crippen LogP contribution is -2.07. The minimum atomic E-state index is -3.91. The fourth-order valence-corrected chi connectivity index (χ4v) is 6.15. The Bertz CT molecular complexity index is 1600. The molecule has 0 fully saturated rings. The molecule has 0 aliphatic heterocycles. The highest BCUT2D eigenvalue weighted by Gasteiger charge is 2.28. The highest BCUT2D eigenvalue weighted by Crippen LogP contribution is 2.33. The predicted octanol–water partition coefficient (Wildman–Crippen LogP) is 5.66. The summed E-state index contributed by atoms with van der Waals surface area (Å²) in [6.45, 7) is 7.94. The van der Waals surface area contributed by atoms with E-state index in [0.717, 1.165) is 21.5 Å². The zero-order valence-corrected chi connectivity index (χ0v) is 20.3. The lowest BCUT2D eigenvalue weighted by atomic mass is 10.0. The molecule has 168 valence electrons. The van der Waals surface area contributed by atoms with Gasteiger partial charge in [-0.3, -0.25) is 0 Å². The van der Waals surface area contributed by atoms with Gasteiger partial charge in [0.1, 0.15) is 0 Å². The van der Waals surface area contributed by atoms with Crippen molar-refractivity contribution in [2.45, 2.75) is 43.5 Å². The summed E-state index contributed by atoms with van der Waals surface area (Å²) in [6.07, 6.45) is 0. The number of benzene rings is 2. The second-order valence-corrected chi connectivity index (χ2v) is 11.1. The Morgan fingerprint density at radius 3 is 2.52 bits per heavy atom. The van der Waals surface area contributed by atoms with Crippen LogP contribution in [-0.2, 0) is 9.84 Å². The number of rotatable bonds is 5. The van der Waals surface area contributed by atoms with Crippen molar-refractivity contribution >= 4 is 48.5 Å². The van der Waals surface area contributed by atoms with E-state index in [1.807, 2.05) is 36.6 Å². The molecule has 5 rings (SSSR count). The lowest BCUT2D eigenvalue weighted by molar-refractivity contribution is 0.592. The van der Waals surface area contributed by atoms with Crippen molar-refractivity contribution < 1.29 is 8.42 Å². The number of aromatic nitrogens is 4. The van der Waals surface area contributed by atoms with Crippen LogP contribution in [0.15, 0.2) is 63.8 Å². The highest BCUT2D eigenvalue weighted by atomic mass is 32.2.